The molecule has 1 aromatic carbocycles. The van der Waals surface area contributed by atoms with Crippen molar-refractivity contribution in [2.24, 2.45) is 0 Å². The fourth-order valence-corrected chi connectivity index (χ4v) is 4.10. The third-order valence-electron chi connectivity index (χ3n) is 5.50. The van der Waals surface area contributed by atoms with Crippen LogP contribution in [0.25, 0.3) is 11.3 Å². The van der Waals surface area contributed by atoms with Gasteiger partial charge in [-0.2, -0.15) is 0 Å². The van der Waals surface area contributed by atoms with Crippen LogP contribution < -0.4 is 5.32 Å². The molecule has 2 aliphatic rings. The first-order valence-electron chi connectivity index (χ1n) is 9.28. The summed E-state index contributed by atoms with van der Waals surface area (Å²) < 4.78 is 16.1. The van der Waals surface area contributed by atoms with Gasteiger partial charge in [-0.3, -0.25) is 9.78 Å². The zero-order chi connectivity index (χ0) is 18.4. The zero-order valence-corrected chi connectivity index (χ0v) is 14.8. The molecule has 2 aromatic heterocycles. The number of fused-ring (bicyclic) bond motifs is 2. The Balaban J connectivity index is 1.42. The standard InChI is InChI=1S/C21H19FN4O/c22-17-11-23-8-7-15(17)21(27)25-18-6-5-13-3-4-14(10-16(13)18)19-12-26-9-1-2-20(26)24-19/h3-4,7-8,10-12,18H,1-2,5-6,9H2,(H,25,27). The molecule has 5 rings (SSSR count). The zero-order valence-electron chi connectivity index (χ0n) is 14.8. The van der Waals surface area contributed by atoms with Crippen LogP contribution in [0, 0.1) is 5.82 Å². The highest BCUT2D eigenvalue weighted by Crippen LogP contribution is 2.35. The Morgan fingerprint density at radius 1 is 1.26 bits per heavy atom. The van der Waals surface area contributed by atoms with Crippen molar-refractivity contribution in [2.75, 3.05) is 0 Å². The highest BCUT2D eigenvalue weighted by atomic mass is 19.1. The van der Waals surface area contributed by atoms with Gasteiger partial charge in [0.1, 0.15) is 5.82 Å². The summed E-state index contributed by atoms with van der Waals surface area (Å²) in [5.74, 6) is 0.136. The minimum absolute atomic E-state index is 0.0279. The predicted molar refractivity (Wildman–Crippen MR) is 98.7 cm³/mol. The maximum Gasteiger partial charge on any atom is 0.254 e. The third-order valence-corrected chi connectivity index (χ3v) is 5.50. The van der Waals surface area contributed by atoms with E-state index in [2.05, 4.69) is 39.3 Å². The number of carbonyl (C=O) groups is 1. The molecule has 3 heterocycles. The summed E-state index contributed by atoms with van der Waals surface area (Å²) in [6.07, 6.45) is 8.51. The Hall–Kier alpha value is -3.02. The van der Waals surface area contributed by atoms with Crippen molar-refractivity contribution in [1.29, 1.82) is 0 Å². The van der Waals surface area contributed by atoms with Gasteiger partial charge in [-0.1, -0.05) is 12.1 Å². The maximum atomic E-state index is 13.8. The fraction of sp³-hybridized carbons (Fsp3) is 0.286. The number of aromatic nitrogens is 3. The van der Waals surface area contributed by atoms with Crippen molar-refractivity contribution in [3.63, 3.8) is 0 Å². The Bertz CT molecular complexity index is 1020. The van der Waals surface area contributed by atoms with Crippen LogP contribution >= 0.6 is 0 Å². The van der Waals surface area contributed by atoms with Crippen LogP contribution in [-0.4, -0.2) is 20.4 Å². The first kappa shape index (κ1) is 16.2. The Morgan fingerprint density at radius 3 is 3.04 bits per heavy atom. The van der Waals surface area contributed by atoms with Gasteiger partial charge in [0, 0.05) is 30.9 Å². The average molecular weight is 362 g/mol. The van der Waals surface area contributed by atoms with Gasteiger partial charge in [-0.05, 0) is 42.5 Å². The molecule has 1 aliphatic carbocycles. The van der Waals surface area contributed by atoms with Crippen LogP contribution in [0.3, 0.4) is 0 Å². The highest BCUT2D eigenvalue weighted by molar-refractivity contribution is 5.94. The summed E-state index contributed by atoms with van der Waals surface area (Å²) in [7, 11) is 0. The number of nitrogens with zero attached hydrogens (tertiary/aromatic N) is 3. The van der Waals surface area contributed by atoms with Gasteiger partial charge >= 0.3 is 0 Å². The van der Waals surface area contributed by atoms with Gasteiger partial charge in [0.15, 0.2) is 5.82 Å². The number of halogens is 1. The monoisotopic (exact) mass is 362 g/mol. The first-order valence-corrected chi connectivity index (χ1v) is 9.28. The molecular formula is C21H19FN4O. The lowest BCUT2D eigenvalue weighted by atomic mass is 10.0. The molecule has 136 valence electrons. The summed E-state index contributed by atoms with van der Waals surface area (Å²) in [5.41, 5.74) is 4.39. The van der Waals surface area contributed by atoms with E-state index in [9.17, 15) is 9.18 Å². The third kappa shape index (κ3) is 2.81. The van der Waals surface area contributed by atoms with Crippen molar-refractivity contribution in [3.05, 3.63) is 71.2 Å². The molecule has 0 saturated carbocycles. The lowest BCUT2D eigenvalue weighted by molar-refractivity contribution is 0.0932. The summed E-state index contributed by atoms with van der Waals surface area (Å²) in [5, 5.41) is 2.98. The Morgan fingerprint density at radius 2 is 2.19 bits per heavy atom. The van der Waals surface area contributed by atoms with E-state index in [1.165, 1.54) is 17.8 Å². The van der Waals surface area contributed by atoms with Crippen LogP contribution in [0.1, 0.15) is 46.2 Å². The number of aryl methyl sites for hydroxylation is 3. The summed E-state index contributed by atoms with van der Waals surface area (Å²) >= 11 is 0. The fourth-order valence-electron chi connectivity index (χ4n) is 4.10. The minimum Gasteiger partial charge on any atom is -0.345 e. The van der Waals surface area contributed by atoms with E-state index in [1.807, 2.05) is 0 Å². The summed E-state index contributed by atoms with van der Waals surface area (Å²) in [6.45, 7) is 1.03. The number of benzene rings is 1. The molecule has 0 fully saturated rings. The highest BCUT2D eigenvalue weighted by Gasteiger charge is 2.26. The average Bonchev–Trinajstić information content (AvgIpc) is 3.36. The molecule has 1 aliphatic heterocycles. The number of rotatable bonds is 3. The van der Waals surface area contributed by atoms with Crippen molar-refractivity contribution in [1.82, 2.24) is 19.9 Å². The van der Waals surface area contributed by atoms with Crippen LogP contribution in [0.5, 0.6) is 0 Å². The van der Waals surface area contributed by atoms with Gasteiger partial charge in [0.25, 0.3) is 5.91 Å². The first-order chi connectivity index (χ1) is 13.2. The molecule has 27 heavy (non-hydrogen) atoms. The van der Waals surface area contributed by atoms with E-state index < -0.39 is 11.7 Å². The molecule has 1 amide bonds. The number of hydrogen-bond donors (Lipinski definition) is 1. The number of hydrogen-bond acceptors (Lipinski definition) is 3. The summed E-state index contributed by atoms with van der Waals surface area (Å²) in [4.78, 5) is 20.9. The molecule has 0 saturated heterocycles. The molecule has 1 unspecified atom stereocenters. The smallest absolute Gasteiger partial charge is 0.254 e. The predicted octanol–water partition coefficient (Wildman–Crippen LogP) is 3.45. The van der Waals surface area contributed by atoms with E-state index in [0.717, 1.165) is 61.1 Å². The van der Waals surface area contributed by atoms with Crippen LogP contribution in [0.2, 0.25) is 0 Å². The number of amides is 1. The molecular weight excluding hydrogens is 343 g/mol. The normalized spacial score (nSPS) is 17.6. The molecule has 0 radical (unpaired) electrons. The second-order valence-corrected chi connectivity index (χ2v) is 7.17. The second-order valence-electron chi connectivity index (χ2n) is 7.17. The van der Waals surface area contributed by atoms with Crippen LogP contribution in [-0.2, 0) is 19.4 Å². The lowest BCUT2D eigenvalue weighted by Gasteiger charge is -2.15. The quantitative estimate of drug-likeness (QED) is 0.776. The number of nitrogens with one attached hydrogen (secondary N) is 1. The van der Waals surface area contributed by atoms with Crippen molar-refractivity contribution in [2.45, 2.75) is 38.3 Å². The topological polar surface area (TPSA) is 59.8 Å². The number of carbonyl (C=O) groups excluding carboxylic acids is 1. The molecule has 1 N–H and O–H groups in total. The minimum atomic E-state index is -0.602. The van der Waals surface area contributed by atoms with E-state index in [1.54, 1.807) is 0 Å². The van der Waals surface area contributed by atoms with Gasteiger partial charge < -0.3 is 9.88 Å². The van der Waals surface area contributed by atoms with Crippen LogP contribution in [0.4, 0.5) is 4.39 Å². The maximum absolute atomic E-state index is 13.8. The Kier molecular flexibility index (Phi) is 3.77. The van der Waals surface area contributed by atoms with E-state index in [-0.39, 0.29) is 11.6 Å². The molecule has 0 spiro atoms. The molecule has 1 atom stereocenters. The second kappa shape index (κ2) is 6.30. The van der Waals surface area contributed by atoms with Crippen molar-refractivity contribution in [3.8, 4) is 11.3 Å². The number of pyridine rings is 1. The lowest BCUT2D eigenvalue weighted by Crippen LogP contribution is -2.28. The van der Waals surface area contributed by atoms with Gasteiger partial charge in [0.05, 0.1) is 23.5 Å². The molecule has 0 bridgehead atoms. The van der Waals surface area contributed by atoms with E-state index >= 15 is 0 Å². The molecule has 6 heteroatoms. The van der Waals surface area contributed by atoms with Crippen molar-refractivity contribution < 1.29 is 9.18 Å². The van der Waals surface area contributed by atoms with E-state index in [0.29, 0.717) is 0 Å². The molecule has 5 nitrogen and oxygen atoms in total. The van der Waals surface area contributed by atoms with E-state index in [4.69, 9.17) is 4.98 Å². The Labute approximate surface area is 156 Å². The molecule has 3 aromatic rings. The summed E-state index contributed by atoms with van der Waals surface area (Å²) in [6, 6.07) is 7.63. The van der Waals surface area contributed by atoms with Gasteiger partial charge in [-0.15, -0.1) is 0 Å². The van der Waals surface area contributed by atoms with Gasteiger partial charge in [0.2, 0.25) is 0 Å². The SMILES string of the molecule is O=C(NC1CCc2ccc(-c3cn4c(n3)CCC4)cc21)c1ccncc1F. The van der Waals surface area contributed by atoms with Crippen LogP contribution in [0.15, 0.2) is 42.9 Å². The number of imidazole rings is 1. The van der Waals surface area contributed by atoms with Gasteiger partial charge in [-0.25, -0.2) is 9.37 Å². The largest absolute Gasteiger partial charge is 0.345 e. The van der Waals surface area contributed by atoms with Crippen molar-refractivity contribution >= 4 is 5.91 Å².